The van der Waals surface area contributed by atoms with Crippen LogP contribution in [0.25, 0.3) is 0 Å². The summed E-state index contributed by atoms with van der Waals surface area (Å²) in [7, 11) is 0. The summed E-state index contributed by atoms with van der Waals surface area (Å²) < 4.78 is 0. The fourth-order valence-electron chi connectivity index (χ4n) is 0.526. The first kappa shape index (κ1) is 15.8. The molecule has 0 aliphatic heterocycles. The molecule has 0 N–H and O–H groups in total. The van der Waals surface area contributed by atoms with Gasteiger partial charge in [0.2, 0.25) is 0 Å². The van der Waals surface area contributed by atoms with E-state index in [0.717, 1.165) is 0 Å². The molecule has 20 heavy (non-hydrogen) atoms. The van der Waals surface area contributed by atoms with Crippen LogP contribution in [0.3, 0.4) is 0 Å². The van der Waals surface area contributed by atoms with Crippen LogP contribution < -0.4 is 0 Å². The largest absolute Gasteiger partial charge is 0.0687 e. The van der Waals surface area contributed by atoms with Gasteiger partial charge in [-0.25, -0.2) is 0 Å². The summed E-state index contributed by atoms with van der Waals surface area (Å²) in [5.41, 5.74) is 44.4. The Morgan fingerprint density at radius 1 is 0.250 bits per heavy atom. The average Bonchev–Trinajstić information content (AvgIpc) is 2.47. The number of hydrogen-bond donors (Lipinski definition) is 0. The molecule has 0 nitrogen and oxygen atoms in total. The van der Waals surface area contributed by atoms with E-state index >= 15 is 0 Å². The molecule has 0 atom stereocenters. The summed E-state index contributed by atoms with van der Waals surface area (Å²) >= 11 is 0. The molecule has 0 unspecified atom stereocenters. The van der Waals surface area contributed by atoms with Crippen LogP contribution in [0.4, 0.5) is 0 Å². The Morgan fingerprint density at radius 2 is 0.400 bits per heavy atom. The van der Waals surface area contributed by atoms with Gasteiger partial charge in [-0.3, -0.25) is 0 Å². The summed E-state index contributed by atoms with van der Waals surface area (Å²) in [5, 5.41) is 0. The molecule has 0 bridgehead atoms. The minimum absolute atomic E-state index is 2.37. The zero-order valence-corrected chi connectivity index (χ0v) is 10.4. The lowest BCUT2D eigenvalue weighted by molar-refractivity contribution is 2.12. The van der Waals surface area contributed by atoms with Gasteiger partial charge in [0.25, 0.3) is 0 Å². The Bertz CT molecular complexity index is 950. The molecule has 0 spiro atoms. The zero-order chi connectivity index (χ0) is 14.7. The molecule has 0 radical (unpaired) electrons. The zero-order valence-electron chi connectivity index (χ0n) is 10.4. The Balaban J connectivity index is 5.78. The topological polar surface area (TPSA) is 0 Å². The van der Waals surface area contributed by atoms with Crippen LogP contribution in [0.1, 0.15) is 0 Å². The van der Waals surface area contributed by atoms with Gasteiger partial charge in [-0.2, -0.15) is 0 Å². The van der Waals surface area contributed by atoms with E-state index in [1.54, 1.807) is 0 Å². The summed E-state index contributed by atoms with van der Waals surface area (Å²) in [4.78, 5) is 0. The Labute approximate surface area is 117 Å². The van der Waals surface area contributed by atoms with Gasteiger partial charge in [0.05, 0.1) is 0 Å². The van der Waals surface area contributed by atoms with Crippen LogP contribution in [-0.4, -0.2) is 0 Å². The van der Waals surface area contributed by atoms with Crippen LogP contribution in [0.2, 0.25) is 0 Å². The van der Waals surface area contributed by atoms with E-state index in [2.05, 4.69) is 116 Å². The molecule has 0 saturated carbocycles. The fourth-order valence-corrected chi connectivity index (χ4v) is 0.526. The van der Waals surface area contributed by atoms with Gasteiger partial charge in [0, 0.05) is 0 Å². The Hall–Kier alpha value is -4.22. The smallest absolute Gasteiger partial charge is 0.0000000000000000139 e. The van der Waals surface area contributed by atoms with Crippen molar-refractivity contribution >= 4 is 0 Å². The second kappa shape index (κ2) is 14.8. The summed E-state index contributed by atoms with van der Waals surface area (Å²) in [6, 6.07) is 0. The molecule has 0 rings (SSSR count). The molecule has 0 fully saturated rings. The van der Waals surface area contributed by atoms with Crippen molar-refractivity contribution in [1.29, 1.82) is 0 Å². The molecule has 0 amide bonds. The minimum Gasteiger partial charge on any atom is -0.0687 e. The SMILES string of the molecule is C=C=C=C=C=C=C=C=C=C=C=C=C=C=C=C=C=C=C=C. The van der Waals surface area contributed by atoms with Crippen LogP contribution in [0, 0.1) is 0 Å². The molecule has 0 aromatic carbocycles. The maximum absolute atomic E-state index is 3.30. The molecule has 0 aromatic heterocycles. The van der Waals surface area contributed by atoms with Crippen molar-refractivity contribution in [1.82, 2.24) is 0 Å². The third-order valence-electron chi connectivity index (χ3n) is 1.11. The standard InChI is InChI=1S/C20H4/c1-3-5-7-9-11-13-15-17-19-20-18-16-14-12-10-8-6-4-2/h1-2H2. The van der Waals surface area contributed by atoms with Crippen molar-refractivity contribution in [3.63, 3.8) is 0 Å². The Morgan fingerprint density at radius 3 is 0.550 bits per heavy atom. The predicted octanol–water partition coefficient (Wildman–Crippen LogP) is 3.59. The van der Waals surface area contributed by atoms with E-state index in [1.165, 1.54) is 0 Å². The molecule has 0 heteroatoms. The van der Waals surface area contributed by atoms with Crippen LogP contribution in [0.5, 0.6) is 0 Å². The monoisotopic (exact) mass is 244 g/mol. The first-order valence-electron chi connectivity index (χ1n) is 4.96. The quantitative estimate of drug-likeness (QED) is 0.571. The highest BCUT2D eigenvalue weighted by Gasteiger charge is 1.41. The second-order valence-electron chi connectivity index (χ2n) is 2.35. The van der Waals surface area contributed by atoms with Crippen molar-refractivity contribution < 1.29 is 0 Å². The van der Waals surface area contributed by atoms with E-state index in [1.807, 2.05) is 0 Å². The van der Waals surface area contributed by atoms with Crippen molar-refractivity contribution in [2.24, 2.45) is 0 Å². The van der Waals surface area contributed by atoms with Crippen molar-refractivity contribution in [3.05, 3.63) is 116 Å². The van der Waals surface area contributed by atoms with E-state index in [4.69, 9.17) is 0 Å². The summed E-state index contributed by atoms with van der Waals surface area (Å²) in [6.07, 6.45) is 0. The first-order valence-corrected chi connectivity index (χ1v) is 4.96. The van der Waals surface area contributed by atoms with Crippen molar-refractivity contribution in [3.8, 4) is 0 Å². The molecule has 0 saturated heterocycles. The maximum atomic E-state index is 3.30. The molecule has 0 heterocycles. The lowest BCUT2D eigenvalue weighted by atomic mass is 10.6. The molecule has 0 aliphatic rings. The van der Waals surface area contributed by atoms with E-state index in [9.17, 15) is 0 Å². The number of hydrogen-bond acceptors (Lipinski definition) is 0. The van der Waals surface area contributed by atoms with Crippen molar-refractivity contribution in [2.45, 2.75) is 0 Å². The molecule has 84 valence electrons. The minimum atomic E-state index is 2.37. The van der Waals surface area contributed by atoms with E-state index < -0.39 is 0 Å². The van der Waals surface area contributed by atoms with Gasteiger partial charge in [-0.1, -0.05) is 11.5 Å². The average molecular weight is 244 g/mol. The van der Waals surface area contributed by atoms with Gasteiger partial charge in [0.1, 0.15) is 0 Å². The maximum Gasteiger partial charge on any atom is -0.0000000000000000139 e. The summed E-state index contributed by atoms with van der Waals surface area (Å²) in [5.74, 6) is 0. The van der Waals surface area contributed by atoms with Crippen LogP contribution in [0.15, 0.2) is 116 Å². The van der Waals surface area contributed by atoms with Gasteiger partial charge in [0.15, 0.2) is 0 Å². The van der Waals surface area contributed by atoms with Crippen LogP contribution >= 0.6 is 0 Å². The van der Waals surface area contributed by atoms with Gasteiger partial charge < -0.3 is 0 Å². The van der Waals surface area contributed by atoms with Gasteiger partial charge in [-0.05, 0) is 105 Å². The molecule has 0 aliphatic carbocycles. The van der Waals surface area contributed by atoms with E-state index in [0.29, 0.717) is 0 Å². The van der Waals surface area contributed by atoms with E-state index in [-0.39, 0.29) is 0 Å². The van der Waals surface area contributed by atoms with Crippen molar-refractivity contribution in [2.75, 3.05) is 0 Å². The molecular formula is C20H4. The molecule has 0 aromatic rings. The molecular weight excluding hydrogens is 240 g/mol. The Kier molecular flexibility index (Phi) is 11.7. The first-order chi connectivity index (χ1) is 9.91. The number of rotatable bonds is 0. The highest BCUT2D eigenvalue weighted by Crippen LogP contribution is 1.57. The normalized spacial score (nSPS) is 3.80. The third kappa shape index (κ3) is 13.8. The lowest BCUT2D eigenvalue weighted by Crippen LogP contribution is -1.24. The van der Waals surface area contributed by atoms with Gasteiger partial charge >= 0.3 is 0 Å². The highest BCUT2D eigenvalue weighted by atomic mass is 13.4. The van der Waals surface area contributed by atoms with Crippen LogP contribution in [-0.2, 0) is 0 Å². The lowest BCUT2D eigenvalue weighted by Gasteiger charge is -1.40. The fraction of sp³-hybridized carbons (Fsp3) is 0. The van der Waals surface area contributed by atoms with Gasteiger partial charge in [-0.15, -0.1) is 0 Å². The highest BCUT2D eigenvalue weighted by molar-refractivity contribution is 4.93. The predicted molar refractivity (Wildman–Crippen MR) is 74.5 cm³/mol. The third-order valence-corrected chi connectivity index (χ3v) is 1.11. The second-order valence-corrected chi connectivity index (χ2v) is 2.35. The summed E-state index contributed by atoms with van der Waals surface area (Å²) in [6.45, 7) is 6.59.